The quantitative estimate of drug-likeness (QED) is 0.0941. The van der Waals surface area contributed by atoms with E-state index in [4.69, 9.17) is 25.8 Å². The molecule has 0 fully saturated rings. The molecular formula is C33H39O4PS3. The monoisotopic (exact) mass is 626 g/mol. The van der Waals surface area contributed by atoms with Gasteiger partial charge in [-0.15, -0.1) is 0 Å². The second-order valence-corrected chi connectivity index (χ2v) is 15.6. The number of para-hydroxylation sites is 1. The average molecular weight is 627 g/mol. The highest BCUT2D eigenvalue weighted by atomic mass is 32.9. The molecule has 0 bridgehead atoms. The Morgan fingerprint density at radius 2 is 1.29 bits per heavy atom. The zero-order valence-corrected chi connectivity index (χ0v) is 28.3. The molecule has 1 unspecified atom stereocenters. The summed E-state index contributed by atoms with van der Waals surface area (Å²) in [4.78, 5) is 0. The van der Waals surface area contributed by atoms with Crippen molar-refractivity contribution in [3.8, 4) is 28.4 Å². The second kappa shape index (κ2) is 13.2. The molecule has 0 N–H and O–H groups in total. The Morgan fingerprint density at radius 3 is 1.80 bits per heavy atom. The van der Waals surface area contributed by atoms with Crippen molar-refractivity contribution < 1.29 is 18.1 Å². The first kappa shape index (κ1) is 31.5. The molecule has 1 aromatic heterocycles. The van der Waals surface area contributed by atoms with Gasteiger partial charge in [-0.05, 0) is 69.7 Å². The van der Waals surface area contributed by atoms with Crippen LogP contribution in [0, 0.1) is 3.82 Å². The van der Waals surface area contributed by atoms with Crippen LogP contribution in [0.5, 0.6) is 17.2 Å². The Morgan fingerprint density at radius 1 is 0.707 bits per heavy atom. The molecule has 0 saturated heterocycles. The van der Waals surface area contributed by atoms with E-state index < -0.39 is 7.82 Å². The van der Waals surface area contributed by atoms with Crippen LogP contribution in [0.2, 0.25) is 0 Å². The van der Waals surface area contributed by atoms with Crippen LogP contribution in [0.4, 0.5) is 0 Å². The molecule has 41 heavy (non-hydrogen) atoms. The fraction of sp³-hybridized carbons (Fsp3) is 0.364. The number of phosphoric acid groups is 1. The molecule has 218 valence electrons. The normalized spacial score (nSPS) is 13.2. The first-order valence-corrected chi connectivity index (χ1v) is 18.1. The van der Waals surface area contributed by atoms with E-state index in [9.17, 15) is 4.57 Å². The smallest absolute Gasteiger partial charge is 0.386 e. The molecule has 0 radical (unpaired) electrons. The molecule has 4 rings (SSSR count). The van der Waals surface area contributed by atoms with Crippen molar-refractivity contribution in [1.82, 2.24) is 0 Å². The molecule has 1 atom stereocenters. The maximum absolute atomic E-state index is 14.8. The zero-order chi connectivity index (χ0) is 29.9. The van der Waals surface area contributed by atoms with Crippen molar-refractivity contribution in [3.63, 3.8) is 0 Å². The van der Waals surface area contributed by atoms with Crippen molar-refractivity contribution in [2.75, 3.05) is 0 Å². The zero-order valence-electron chi connectivity index (χ0n) is 25.0. The standard InChI is InChI=1S/C33H39O4PS3/c1-20(2)25-17-28(22(5)6)32(29(18-25)23(7)8)37-38(34,36-31-12-10-9-11-27(31)21(3)4)35-26-15-13-24(14-16-26)30-19-40-41-33(30)39/h9-23H,1-8H3. The number of hydrogen-bond acceptors (Lipinski definition) is 7. The number of rotatable bonds is 11. The first-order valence-electron chi connectivity index (χ1n) is 14.0. The van der Waals surface area contributed by atoms with E-state index in [1.165, 1.54) is 5.56 Å². The summed E-state index contributed by atoms with van der Waals surface area (Å²) in [5, 5.41) is 2.05. The topological polar surface area (TPSA) is 44.8 Å². The van der Waals surface area contributed by atoms with E-state index in [2.05, 4.69) is 67.5 Å². The number of phosphoric ester groups is 1. The first-order chi connectivity index (χ1) is 19.4. The third-order valence-electron chi connectivity index (χ3n) is 6.93. The van der Waals surface area contributed by atoms with E-state index in [0.717, 1.165) is 31.6 Å². The summed E-state index contributed by atoms with van der Waals surface area (Å²) in [6.07, 6.45) is 0. The average Bonchev–Trinajstić information content (AvgIpc) is 3.34. The molecule has 0 aliphatic carbocycles. The summed E-state index contributed by atoms with van der Waals surface area (Å²) in [6, 6.07) is 19.3. The Labute approximate surface area is 257 Å². The summed E-state index contributed by atoms with van der Waals surface area (Å²) in [6.45, 7) is 17.0. The molecule has 0 spiro atoms. The van der Waals surface area contributed by atoms with Gasteiger partial charge in [0.05, 0.1) is 0 Å². The highest BCUT2D eigenvalue weighted by Crippen LogP contribution is 2.54. The molecular weight excluding hydrogens is 588 g/mol. The van der Waals surface area contributed by atoms with E-state index in [-0.39, 0.29) is 17.8 Å². The van der Waals surface area contributed by atoms with Gasteiger partial charge in [-0.3, -0.25) is 0 Å². The van der Waals surface area contributed by atoms with Gasteiger partial charge in [0.1, 0.15) is 21.1 Å². The van der Waals surface area contributed by atoms with Crippen LogP contribution in [0.15, 0.2) is 66.0 Å². The summed E-state index contributed by atoms with van der Waals surface area (Å²) in [7, 11) is -1.04. The molecule has 1 heterocycles. The van der Waals surface area contributed by atoms with Crippen LogP contribution in [0.25, 0.3) is 11.1 Å². The highest BCUT2D eigenvalue weighted by molar-refractivity contribution is 7.79. The molecule has 4 aromatic rings. The van der Waals surface area contributed by atoms with E-state index in [0.29, 0.717) is 23.2 Å². The Balaban J connectivity index is 1.81. The molecule has 0 amide bonds. The summed E-state index contributed by atoms with van der Waals surface area (Å²) < 4.78 is 34.5. The van der Waals surface area contributed by atoms with Crippen LogP contribution in [-0.4, -0.2) is 0 Å². The Bertz CT molecular complexity index is 1550. The van der Waals surface area contributed by atoms with Crippen LogP contribution >= 0.6 is 40.7 Å². The van der Waals surface area contributed by atoms with Crippen molar-refractivity contribution in [2.24, 2.45) is 0 Å². The fourth-order valence-corrected chi connectivity index (χ4v) is 8.27. The van der Waals surface area contributed by atoms with Crippen LogP contribution in [-0.2, 0) is 4.57 Å². The maximum atomic E-state index is 14.8. The Kier molecular flexibility index (Phi) is 10.2. The molecule has 0 aliphatic heterocycles. The van der Waals surface area contributed by atoms with Gasteiger partial charge in [0.15, 0.2) is 0 Å². The molecule has 0 saturated carbocycles. The van der Waals surface area contributed by atoms with Gasteiger partial charge in [0.25, 0.3) is 0 Å². The Hall–Kier alpha value is -2.44. The third-order valence-corrected chi connectivity index (χ3v) is 10.8. The van der Waals surface area contributed by atoms with Gasteiger partial charge in [-0.1, -0.05) is 131 Å². The number of hydrogen-bond donors (Lipinski definition) is 0. The minimum Gasteiger partial charge on any atom is -0.386 e. The molecule has 3 aromatic carbocycles. The minimum absolute atomic E-state index is 0.135. The predicted molar refractivity (Wildman–Crippen MR) is 177 cm³/mol. The lowest BCUT2D eigenvalue weighted by atomic mass is 9.88. The predicted octanol–water partition coefficient (Wildman–Crippen LogP) is 12.3. The van der Waals surface area contributed by atoms with Crippen LogP contribution < -0.4 is 13.6 Å². The fourth-order valence-electron chi connectivity index (χ4n) is 4.54. The van der Waals surface area contributed by atoms with Crippen molar-refractivity contribution in [2.45, 2.75) is 79.1 Å². The SMILES string of the molecule is CC(C)c1cc(C(C)C)c(OP(=O)(Oc2ccc(-c3cssc3=S)cc2)Oc2ccccc2C(C)C)c(C(C)C)c1. The van der Waals surface area contributed by atoms with Gasteiger partial charge >= 0.3 is 7.82 Å². The molecule has 4 nitrogen and oxygen atoms in total. The van der Waals surface area contributed by atoms with Gasteiger partial charge in [0, 0.05) is 10.9 Å². The lowest BCUT2D eigenvalue weighted by molar-refractivity contribution is 0.294. The van der Waals surface area contributed by atoms with Crippen molar-refractivity contribution >= 4 is 40.7 Å². The maximum Gasteiger partial charge on any atom is 0.647 e. The van der Waals surface area contributed by atoms with Crippen LogP contribution in [0.1, 0.15) is 101 Å². The van der Waals surface area contributed by atoms with Gasteiger partial charge in [-0.2, -0.15) is 4.57 Å². The molecule has 8 heteroatoms. The second-order valence-electron chi connectivity index (χ2n) is 11.4. The molecule has 0 aliphatic rings. The summed E-state index contributed by atoms with van der Waals surface area (Å²) in [5.74, 6) is 2.20. The van der Waals surface area contributed by atoms with Crippen molar-refractivity contribution in [3.05, 3.63) is 92.1 Å². The number of benzene rings is 3. The van der Waals surface area contributed by atoms with Gasteiger partial charge in [0.2, 0.25) is 0 Å². The van der Waals surface area contributed by atoms with E-state index in [1.807, 2.05) is 41.8 Å². The van der Waals surface area contributed by atoms with Gasteiger partial charge < -0.3 is 13.6 Å². The highest BCUT2D eigenvalue weighted by Gasteiger charge is 2.37. The minimum atomic E-state index is -4.22. The third kappa shape index (κ3) is 7.50. The lowest BCUT2D eigenvalue weighted by Gasteiger charge is -2.26. The van der Waals surface area contributed by atoms with Crippen LogP contribution in [0.3, 0.4) is 0 Å². The summed E-state index contributed by atoms with van der Waals surface area (Å²) >= 11 is 5.47. The lowest BCUT2D eigenvalue weighted by Crippen LogP contribution is -2.12. The van der Waals surface area contributed by atoms with Crippen molar-refractivity contribution in [1.29, 1.82) is 0 Å². The summed E-state index contributed by atoms with van der Waals surface area (Å²) in [5.41, 5.74) is 6.10. The van der Waals surface area contributed by atoms with E-state index >= 15 is 0 Å². The van der Waals surface area contributed by atoms with Gasteiger partial charge in [-0.25, -0.2) is 0 Å². The van der Waals surface area contributed by atoms with E-state index in [1.54, 1.807) is 32.8 Å². The largest absolute Gasteiger partial charge is 0.647 e.